The van der Waals surface area contributed by atoms with Crippen LogP contribution in [0.4, 0.5) is 5.69 Å². The van der Waals surface area contributed by atoms with Gasteiger partial charge in [0.2, 0.25) is 11.7 Å². The minimum atomic E-state index is -2.73. The fraction of sp³-hybridized carbons (Fsp3) is 0.481. The summed E-state index contributed by atoms with van der Waals surface area (Å²) in [6.07, 6.45) is 1.87. The molecule has 0 heterocycles. The number of phenols is 1. The molecule has 3 unspecified atom stereocenters. The molecular weight excluding hydrogens is 615 g/mol. The van der Waals surface area contributed by atoms with Crippen molar-refractivity contribution in [3.8, 4) is 5.75 Å². The maximum atomic E-state index is 13.8. The highest BCUT2D eigenvalue weighted by Crippen LogP contribution is 2.53. The van der Waals surface area contributed by atoms with Gasteiger partial charge in [0, 0.05) is 11.5 Å². The summed E-state index contributed by atoms with van der Waals surface area (Å²) in [6.45, 7) is 2.57. The van der Waals surface area contributed by atoms with Crippen LogP contribution in [0, 0.1) is 11.8 Å². The summed E-state index contributed by atoms with van der Waals surface area (Å²) in [6, 6.07) is 0.368. The second-order valence-corrected chi connectivity index (χ2v) is 11.1. The van der Waals surface area contributed by atoms with Gasteiger partial charge in [-0.15, -0.1) is 24.8 Å². The molecule has 12 nitrogen and oxygen atoms in total. The number of benzene rings is 1. The highest BCUT2D eigenvalue weighted by Gasteiger charge is 2.63. The number of anilines is 1. The van der Waals surface area contributed by atoms with Crippen molar-refractivity contribution < 1.29 is 39.6 Å². The Morgan fingerprint density at radius 2 is 1.83 bits per heavy atom. The van der Waals surface area contributed by atoms with Crippen LogP contribution in [0.5, 0.6) is 5.75 Å². The van der Waals surface area contributed by atoms with E-state index in [0.717, 1.165) is 12.8 Å². The number of nitrogens with zero attached hydrogens (tertiary/aromatic N) is 1. The summed E-state index contributed by atoms with van der Waals surface area (Å²) in [7, 11) is 3.11. The van der Waals surface area contributed by atoms with E-state index in [-0.39, 0.29) is 66.0 Å². The van der Waals surface area contributed by atoms with Gasteiger partial charge in [-0.3, -0.25) is 24.1 Å². The normalized spacial score (nSPS) is 24.8. The number of hydrogen-bond acceptors (Lipinski definition) is 10. The summed E-state index contributed by atoms with van der Waals surface area (Å²) in [5.41, 5.74) is 1.36. The number of phenolic OH excluding ortho intramolecular Hbond substituents is 1. The van der Waals surface area contributed by atoms with Crippen LogP contribution < -0.4 is 16.4 Å². The molecule has 15 heteroatoms. The molecule has 0 saturated heterocycles. The van der Waals surface area contributed by atoms with E-state index >= 15 is 0 Å². The average molecular weight is 650 g/mol. The summed E-state index contributed by atoms with van der Waals surface area (Å²) in [5, 5.41) is 50.3. The molecule has 2 amide bonds. The molecule has 0 aromatic heterocycles. The number of nitrogens with one attached hydrogen (secondary N) is 2. The van der Waals surface area contributed by atoms with Crippen LogP contribution >= 0.6 is 36.4 Å². The molecule has 0 saturated carbocycles. The number of likely N-dealkylation sites (N-methyl/N-ethyl adjacent to an activating group) is 1. The SMILES string of the molecule is CCCCNCC(=O)Nc1c(Cl)cc2c(c1O)C(=O)C1=C(O)C3(O)C(=O)C(C(N)=O)=C(O)[C@@H](N(C)C)C3CC1C2.Cl.Cl. The molecule has 232 valence electrons. The van der Waals surface area contributed by atoms with Crippen LogP contribution in [0.2, 0.25) is 5.02 Å². The Morgan fingerprint density at radius 1 is 1.19 bits per heavy atom. The maximum absolute atomic E-state index is 13.8. The number of fused-ring (bicyclic) bond motifs is 3. The Hall–Kier alpha value is -2.87. The second kappa shape index (κ2) is 13.2. The third-order valence-electron chi connectivity index (χ3n) is 7.92. The number of nitrogens with two attached hydrogens (primary N) is 1. The molecule has 1 aromatic carbocycles. The van der Waals surface area contributed by atoms with E-state index in [9.17, 15) is 39.6 Å². The van der Waals surface area contributed by atoms with E-state index in [1.807, 2.05) is 6.92 Å². The fourth-order valence-corrected chi connectivity index (χ4v) is 6.35. The molecule has 3 aliphatic carbocycles. The van der Waals surface area contributed by atoms with Crippen molar-refractivity contribution in [1.29, 1.82) is 0 Å². The monoisotopic (exact) mass is 648 g/mol. The fourth-order valence-electron chi connectivity index (χ4n) is 6.08. The molecule has 1 aromatic rings. The van der Waals surface area contributed by atoms with E-state index < -0.39 is 69.7 Å². The Morgan fingerprint density at radius 3 is 2.40 bits per heavy atom. The summed E-state index contributed by atoms with van der Waals surface area (Å²) in [5.74, 6) is -8.03. The van der Waals surface area contributed by atoms with Gasteiger partial charge in [0.05, 0.1) is 23.2 Å². The van der Waals surface area contributed by atoms with Gasteiger partial charge in [-0.2, -0.15) is 0 Å². The molecule has 0 bridgehead atoms. The van der Waals surface area contributed by atoms with Crippen LogP contribution in [-0.4, -0.2) is 87.5 Å². The zero-order valence-corrected chi connectivity index (χ0v) is 25.6. The number of carbonyl (C=O) groups is 4. The first-order valence-electron chi connectivity index (χ1n) is 13.0. The molecule has 4 rings (SSSR count). The first kappa shape index (κ1) is 35.3. The molecule has 0 radical (unpaired) electrons. The van der Waals surface area contributed by atoms with E-state index in [0.29, 0.717) is 12.1 Å². The summed E-state index contributed by atoms with van der Waals surface area (Å²) in [4.78, 5) is 53.1. The van der Waals surface area contributed by atoms with Gasteiger partial charge in [0.1, 0.15) is 22.8 Å². The number of hydrogen-bond donors (Lipinski definition) is 7. The second-order valence-electron chi connectivity index (χ2n) is 10.7. The van der Waals surface area contributed by atoms with Crippen molar-refractivity contribution in [2.45, 2.75) is 44.2 Å². The van der Waals surface area contributed by atoms with Crippen LogP contribution in [-0.2, 0) is 20.8 Å². The maximum Gasteiger partial charge on any atom is 0.255 e. The zero-order chi connectivity index (χ0) is 29.7. The smallest absolute Gasteiger partial charge is 0.255 e. The number of aromatic hydroxyl groups is 1. The molecule has 0 aliphatic heterocycles. The van der Waals surface area contributed by atoms with Gasteiger partial charge in [-0.1, -0.05) is 24.9 Å². The Bertz CT molecular complexity index is 1380. The minimum absolute atomic E-state index is 0. The molecule has 0 fully saturated rings. The van der Waals surface area contributed by atoms with E-state index in [2.05, 4.69) is 10.6 Å². The van der Waals surface area contributed by atoms with Gasteiger partial charge < -0.3 is 36.8 Å². The predicted molar refractivity (Wildman–Crippen MR) is 160 cm³/mol. The highest BCUT2D eigenvalue weighted by molar-refractivity contribution is 6.35. The molecule has 42 heavy (non-hydrogen) atoms. The number of aliphatic hydroxyl groups is 3. The first-order valence-corrected chi connectivity index (χ1v) is 13.3. The van der Waals surface area contributed by atoms with Crippen molar-refractivity contribution in [3.63, 3.8) is 0 Å². The van der Waals surface area contributed by atoms with Gasteiger partial charge in [-0.25, -0.2) is 0 Å². The highest BCUT2D eigenvalue weighted by atomic mass is 35.5. The Labute approximate surface area is 259 Å². The van der Waals surface area contributed by atoms with Crippen molar-refractivity contribution in [1.82, 2.24) is 10.2 Å². The number of unbranched alkanes of at least 4 members (excludes halogenated alkanes) is 1. The molecule has 0 spiro atoms. The number of halogens is 3. The van der Waals surface area contributed by atoms with Gasteiger partial charge in [0.25, 0.3) is 5.91 Å². The Kier molecular flexibility index (Phi) is 11.1. The average Bonchev–Trinajstić information content (AvgIpc) is 2.86. The van der Waals surface area contributed by atoms with E-state index in [1.165, 1.54) is 11.0 Å². The van der Waals surface area contributed by atoms with Crippen molar-refractivity contribution in [2.75, 3.05) is 32.5 Å². The number of aliphatic hydroxyl groups excluding tert-OH is 2. The van der Waals surface area contributed by atoms with Crippen LogP contribution in [0.15, 0.2) is 28.7 Å². The van der Waals surface area contributed by atoms with Crippen LogP contribution in [0.1, 0.15) is 42.1 Å². The predicted octanol–water partition coefficient (Wildman–Crippen LogP) is 1.95. The Balaban J connectivity index is 0.00000308. The number of allylic oxidation sites excluding steroid dienone is 1. The lowest BCUT2D eigenvalue weighted by atomic mass is 9.58. The van der Waals surface area contributed by atoms with Crippen molar-refractivity contribution >= 4 is 65.5 Å². The summed E-state index contributed by atoms with van der Waals surface area (Å²) >= 11 is 6.39. The van der Waals surface area contributed by atoms with Crippen LogP contribution in [0.25, 0.3) is 0 Å². The number of primary amides is 1. The minimum Gasteiger partial charge on any atom is -0.510 e. The van der Waals surface area contributed by atoms with Crippen molar-refractivity contribution in [2.24, 2.45) is 17.6 Å². The quantitative estimate of drug-likeness (QED) is 0.124. The van der Waals surface area contributed by atoms with Crippen LogP contribution in [0.3, 0.4) is 0 Å². The molecule has 8 N–H and O–H groups in total. The first-order chi connectivity index (χ1) is 18.8. The number of rotatable bonds is 8. The van der Waals surface area contributed by atoms with Gasteiger partial charge >= 0.3 is 0 Å². The van der Waals surface area contributed by atoms with Gasteiger partial charge in [-0.05, 0) is 57.5 Å². The zero-order valence-electron chi connectivity index (χ0n) is 23.2. The number of amides is 2. The molecular formula is C27H35Cl3N4O8. The third-order valence-corrected chi connectivity index (χ3v) is 8.22. The number of Topliss-reactive ketones (excluding diaryl/α,β-unsaturated/α-hetero) is 2. The largest absolute Gasteiger partial charge is 0.510 e. The lowest BCUT2D eigenvalue weighted by Crippen LogP contribution is -2.63. The van der Waals surface area contributed by atoms with E-state index in [1.54, 1.807) is 14.1 Å². The topological polar surface area (TPSA) is 203 Å². The van der Waals surface area contributed by atoms with Crippen molar-refractivity contribution in [3.05, 3.63) is 44.9 Å². The third kappa shape index (κ3) is 5.59. The van der Waals surface area contributed by atoms with E-state index in [4.69, 9.17) is 17.3 Å². The summed E-state index contributed by atoms with van der Waals surface area (Å²) < 4.78 is 0. The lowest BCUT2D eigenvalue weighted by Gasteiger charge is -2.50. The molecule has 3 aliphatic rings. The number of ketones is 2. The molecule has 4 atom stereocenters. The lowest BCUT2D eigenvalue weighted by molar-refractivity contribution is -0.148. The van der Waals surface area contributed by atoms with Gasteiger partial charge in [0.15, 0.2) is 17.1 Å². The standard InChI is InChI=1S/C27H33ClN4O8.2ClH/c1-4-5-6-30-10-15(33)31-19-14(28)9-12-7-11-8-13-20(32(2)3)23(36)18(26(29)39)25(38)27(13,40)24(37)17(11)21(34)16(12)22(19)35;;/h9,11,13,20,30,35-37,40H,4-8,10H2,1-3H3,(H2,29,39)(H,31,33);2*1H/t11?,13?,20-,27?;;/m0../s1. The number of carbonyl (C=O) groups excluding carboxylic acids is 4.